The summed E-state index contributed by atoms with van der Waals surface area (Å²) < 4.78 is 5.45. The zero-order chi connectivity index (χ0) is 15.7. The zero-order valence-corrected chi connectivity index (χ0v) is 13.5. The molecule has 1 atom stereocenters. The van der Waals surface area contributed by atoms with Crippen LogP contribution in [0.15, 0.2) is 36.4 Å². The van der Waals surface area contributed by atoms with E-state index in [1.54, 1.807) is 18.2 Å². The Morgan fingerprint density at radius 2 is 2.05 bits per heavy atom. The Balaban J connectivity index is 1.76. The number of carbonyl (C=O) groups excluding carboxylic acids is 1. The van der Waals surface area contributed by atoms with Crippen LogP contribution in [0.2, 0.25) is 10.0 Å². The van der Waals surface area contributed by atoms with Crippen molar-refractivity contribution in [1.29, 1.82) is 0 Å². The van der Waals surface area contributed by atoms with Crippen LogP contribution < -0.4 is 10.1 Å². The van der Waals surface area contributed by atoms with Crippen molar-refractivity contribution < 1.29 is 9.53 Å². The van der Waals surface area contributed by atoms with Crippen LogP contribution in [0.3, 0.4) is 0 Å². The van der Waals surface area contributed by atoms with Crippen LogP contribution in [-0.2, 0) is 6.42 Å². The normalized spacial score (nSPS) is 14.1. The molecule has 114 valence electrons. The number of carbonyl (C=O) groups is 1. The molecule has 22 heavy (non-hydrogen) atoms. The van der Waals surface area contributed by atoms with E-state index in [9.17, 15) is 4.79 Å². The molecule has 1 aliphatic rings. The molecule has 0 fully saturated rings. The fourth-order valence-corrected chi connectivity index (χ4v) is 3.11. The van der Waals surface area contributed by atoms with Crippen LogP contribution in [0.1, 0.15) is 34.5 Å². The minimum Gasteiger partial charge on any atom is -0.493 e. The molecule has 1 heterocycles. The van der Waals surface area contributed by atoms with Gasteiger partial charge in [0.05, 0.1) is 12.6 Å². The first-order valence-corrected chi connectivity index (χ1v) is 7.82. The summed E-state index contributed by atoms with van der Waals surface area (Å²) in [6, 6.07) is 10.6. The van der Waals surface area contributed by atoms with Crippen LogP contribution >= 0.6 is 23.2 Å². The van der Waals surface area contributed by atoms with Crippen molar-refractivity contribution in [3.63, 3.8) is 0 Å². The van der Waals surface area contributed by atoms with E-state index in [4.69, 9.17) is 27.9 Å². The van der Waals surface area contributed by atoms with Gasteiger partial charge in [-0.1, -0.05) is 29.3 Å². The van der Waals surface area contributed by atoms with Gasteiger partial charge in [-0.05, 0) is 48.4 Å². The lowest BCUT2D eigenvalue weighted by atomic mass is 10.1. The molecule has 0 saturated heterocycles. The van der Waals surface area contributed by atoms with E-state index in [1.165, 1.54) is 0 Å². The summed E-state index contributed by atoms with van der Waals surface area (Å²) in [5.74, 6) is 0.735. The lowest BCUT2D eigenvalue weighted by molar-refractivity contribution is 0.0940. The number of rotatable bonds is 3. The van der Waals surface area contributed by atoms with Crippen LogP contribution in [0.25, 0.3) is 0 Å². The molecule has 0 aromatic heterocycles. The summed E-state index contributed by atoms with van der Waals surface area (Å²) in [7, 11) is 0. The van der Waals surface area contributed by atoms with Gasteiger partial charge in [-0.25, -0.2) is 0 Å². The van der Waals surface area contributed by atoms with Gasteiger partial charge in [0.2, 0.25) is 0 Å². The predicted molar refractivity (Wildman–Crippen MR) is 88.0 cm³/mol. The quantitative estimate of drug-likeness (QED) is 0.901. The van der Waals surface area contributed by atoms with Crippen LogP contribution in [0, 0.1) is 0 Å². The number of halogens is 2. The number of benzene rings is 2. The molecule has 2 aromatic rings. The fraction of sp³-hybridized carbons (Fsp3) is 0.235. The number of hydrogen-bond donors (Lipinski definition) is 1. The van der Waals surface area contributed by atoms with Gasteiger partial charge in [0.15, 0.2) is 0 Å². The molecule has 1 aliphatic heterocycles. The maximum absolute atomic E-state index is 12.4. The third-order valence-electron chi connectivity index (χ3n) is 3.73. The Morgan fingerprint density at radius 1 is 1.23 bits per heavy atom. The fourth-order valence-electron chi connectivity index (χ4n) is 2.54. The van der Waals surface area contributed by atoms with Gasteiger partial charge in [-0.15, -0.1) is 0 Å². The molecule has 3 nitrogen and oxygen atoms in total. The topological polar surface area (TPSA) is 38.3 Å². The highest BCUT2D eigenvalue weighted by Crippen LogP contribution is 2.28. The maximum atomic E-state index is 12.4. The Kier molecular flexibility index (Phi) is 4.27. The summed E-state index contributed by atoms with van der Waals surface area (Å²) in [5, 5.41) is 4.08. The van der Waals surface area contributed by atoms with Gasteiger partial charge in [0.25, 0.3) is 5.91 Å². The average Bonchev–Trinajstić information content (AvgIpc) is 2.94. The minimum absolute atomic E-state index is 0.131. The molecular weight excluding hydrogens is 321 g/mol. The summed E-state index contributed by atoms with van der Waals surface area (Å²) in [6.45, 7) is 2.57. The van der Waals surface area contributed by atoms with Gasteiger partial charge in [-0.2, -0.15) is 0 Å². The van der Waals surface area contributed by atoms with Crippen molar-refractivity contribution in [2.45, 2.75) is 19.4 Å². The van der Waals surface area contributed by atoms with E-state index in [-0.39, 0.29) is 11.9 Å². The first-order chi connectivity index (χ1) is 10.5. The molecule has 5 heteroatoms. The van der Waals surface area contributed by atoms with Gasteiger partial charge in [0, 0.05) is 22.0 Å². The highest BCUT2D eigenvalue weighted by molar-refractivity contribution is 6.35. The molecule has 2 aromatic carbocycles. The molecular formula is C17H15Cl2NO2. The van der Waals surface area contributed by atoms with Crippen LogP contribution in [0.5, 0.6) is 5.75 Å². The molecule has 1 amide bonds. The lowest BCUT2D eigenvalue weighted by Crippen LogP contribution is -2.26. The number of amides is 1. The van der Waals surface area contributed by atoms with Gasteiger partial charge >= 0.3 is 0 Å². The largest absolute Gasteiger partial charge is 0.493 e. The van der Waals surface area contributed by atoms with E-state index >= 15 is 0 Å². The van der Waals surface area contributed by atoms with E-state index in [2.05, 4.69) is 5.32 Å². The summed E-state index contributed by atoms with van der Waals surface area (Å²) >= 11 is 12.1. The van der Waals surface area contributed by atoms with Crippen molar-refractivity contribution in [2.75, 3.05) is 6.61 Å². The summed E-state index contributed by atoms with van der Waals surface area (Å²) in [4.78, 5) is 12.4. The van der Waals surface area contributed by atoms with Crippen molar-refractivity contribution in [1.82, 2.24) is 5.32 Å². The van der Waals surface area contributed by atoms with Crippen molar-refractivity contribution >= 4 is 29.1 Å². The second-order valence-electron chi connectivity index (χ2n) is 5.28. The molecule has 0 radical (unpaired) electrons. The van der Waals surface area contributed by atoms with E-state index < -0.39 is 0 Å². The number of ether oxygens (including phenoxy) is 1. The Labute approximate surface area is 139 Å². The molecule has 3 rings (SSSR count). The first kappa shape index (κ1) is 15.2. The van der Waals surface area contributed by atoms with Crippen LogP contribution in [-0.4, -0.2) is 12.5 Å². The Morgan fingerprint density at radius 3 is 2.82 bits per heavy atom. The Hall–Kier alpha value is -1.71. The maximum Gasteiger partial charge on any atom is 0.251 e. The molecule has 0 spiro atoms. The third kappa shape index (κ3) is 3.06. The highest BCUT2D eigenvalue weighted by Gasteiger charge is 2.17. The molecule has 1 unspecified atom stereocenters. The van der Waals surface area contributed by atoms with E-state index in [0.717, 1.165) is 23.3 Å². The van der Waals surface area contributed by atoms with Gasteiger partial charge in [0.1, 0.15) is 5.75 Å². The smallest absolute Gasteiger partial charge is 0.251 e. The second-order valence-corrected chi connectivity index (χ2v) is 6.13. The average molecular weight is 336 g/mol. The highest BCUT2D eigenvalue weighted by atomic mass is 35.5. The summed E-state index contributed by atoms with van der Waals surface area (Å²) in [5.41, 5.74) is 2.54. The zero-order valence-electron chi connectivity index (χ0n) is 12.0. The van der Waals surface area contributed by atoms with Crippen molar-refractivity contribution in [3.8, 4) is 5.75 Å². The SMILES string of the molecule is CC(NC(=O)c1ccc2c(c1)CCO2)c1ccc(Cl)cc1Cl. The third-order valence-corrected chi connectivity index (χ3v) is 4.29. The predicted octanol–water partition coefficient (Wildman–Crippen LogP) is 4.42. The van der Waals surface area contributed by atoms with E-state index in [1.807, 2.05) is 25.1 Å². The van der Waals surface area contributed by atoms with Gasteiger partial charge in [-0.3, -0.25) is 4.79 Å². The molecule has 0 bridgehead atoms. The number of fused-ring (bicyclic) bond motifs is 1. The van der Waals surface area contributed by atoms with Crippen molar-refractivity contribution in [3.05, 3.63) is 63.1 Å². The first-order valence-electron chi connectivity index (χ1n) is 7.06. The monoisotopic (exact) mass is 335 g/mol. The second kappa shape index (κ2) is 6.19. The number of hydrogen-bond acceptors (Lipinski definition) is 2. The Bertz CT molecular complexity index is 731. The van der Waals surface area contributed by atoms with Gasteiger partial charge < -0.3 is 10.1 Å². The molecule has 0 aliphatic carbocycles. The van der Waals surface area contributed by atoms with E-state index in [0.29, 0.717) is 22.2 Å². The molecule has 1 N–H and O–H groups in total. The lowest BCUT2D eigenvalue weighted by Gasteiger charge is -2.16. The summed E-state index contributed by atoms with van der Waals surface area (Å²) in [6.07, 6.45) is 0.842. The number of nitrogens with one attached hydrogen (secondary N) is 1. The van der Waals surface area contributed by atoms with Crippen LogP contribution in [0.4, 0.5) is 0 Å². The minimum atomic E-state index is -0.207. The molecule has 0 saturated carbocycles. The van der Waals surface area contributed by atoms with Crippen molar-refractivity contribution in [2.24, 2.45) is 0 Å². The standard InChI is InChI=1S/C17H15Cl2NO2/c1-10(14-4-3-13(18)9-15(14)19)20-17(21)12-2-5-16-11(8-12)6-7-22-16/h2-5,8-10H,6-7H2,1H3,(H,20,21).